The van der Waals surface area contributed by atoms with Gasteiger partial charge in [0.05, 0.1) is 11.1 Å². The van der Waals surface area contributed by atoms with E-state index < -0.39 is 6.04 Å². The van der Waals surface area contributed by atoms with E-state index in [4.69, 9.17) is 10.5 Å². The maximum absolute atomic E-state index is 11.6. The Labute approximate surface area is 134 Å². The van der Waals surface area contributed by atoms with Gasteiger partial charge in [-0.15, -0.1) is 0 Å². The lowest BCUT2D eigenvalue weighted by atomic mass is 10.0. The highest BCUT2D eigenvalue weighted by atomic mass is 79.9. The van der Waals surface area contributed by atoms with E-state index in [1.165, 1.54) is 19.3 Å². The second-order valence-corrected chi connectivity index (χ2v) is 6.42. The number of amides is 1. The van der Waals surface area contributed by atoms with Gasteiger partial charge in [0.25, 0.3) is 0 Å². The smallest absolute Gasteiger partial charge is 0.245 e. The molecular formula is C16H23BrN2O2. The molecule has 2 rings (SSSR count). The van der Waals surface area contributed by atoms with Crippen LogP contribution in [0.4, 0.5) is 5.69 Å². The van der Waals surface area contributed by atoms with E-state index in [-0.39, 0.29) is 5.91 Å². The van der Waals surface area contributed by atoms with Crippen LogP contribution in [0, 0.1) is 5.92 Å². The SMILES string of the molecule is CCCCC(CC)COc1cc2c(cc1Br)C(N)C(=O)N2. The van der Waals surface area contributed by atoms with Crippen molar-refractivity contribution in [3.05, 3.63) is 22.2 Å². The molecule has 0 spiro atoms. The van der Waals surface area contributed by atoms with Crippen molar-refractivity contribution in [3.8, 4) is 5.75 Å². The van der Waals surface area contributed by atoms with Gasteiger partial charge in [0.2, 0.25) is 5.91 Å². The zero-order chi connectivity index (χ0) is 15.4. The fourth-order valence-electron chi connectivity index (χ4n) is 2.50. The number of nitrogens with one attached hydrogen (secondary N) is 1. The van der Waals surface area contributed by atoms with Crippen LogP contribution in [-0.4, -0.2) is 12.5 Å². The minimum atomic E-state index is -0.585. The maximum Gasteiger partial charge on any atom is 0.245 e. The van der Waals surface area contributed by atoms with Gasteiger partial charge in [-0.2, -0.15) is 0 Å². The van der Waals surface area contributed by atoms with Gasteiger partial charge in [-0.25, -0.2) is 0 Å². The number of ether oxygens (including phenoxy) is 1. The van der Waals surface area contributed by atoms with Gasteiger partial charge in [-0.05, 0) is 34.3 Å². The third-order valence-corrected chi connectivity index (χ3v) is 4.62. The van der Waals surface area contributed by atoms with Crippen LogP contribution >= 0.6 is 15.9 Å². The summed E-state index contributed by atoms with van der Waals surface area (Å²) in [4.78, 5) is 11.6. The molecule has 0 aliphatic carbocycles. The van der Waals surface area contributed by atoms with E-state index in [0.29, 0.717) is 12.5 Å². The molecule has 4 nitrogen and oxygen atoms in total. The third-order valence-electron chi connectivity index (χ3n) is 4.00. The Balaban J connectivity index is 2.05. The van der Waals surface area contributed by atoms with Gasteiger partial charge < -0.3 is 15.8 Å². The van der Waals surface area contributed by atoms with Gasteiger partial charge >= 0.3 is 0 Å². The minimum absolute atomic E-state index is 0.163. The molecule has 1 aromatic rings. The number of fused-ring (bicyclic) bond motifs is 1. The second-order valence-electron chi connectivity index (χ2n) is 5.56. The summed E-state index contributed by atoms with van der Waals surface area (Å²) >= 11 is 3.50. The monoisotopic (exact) mass is 354 g/mol. The van der Waals surface area contributed by atoms with Crippen LogP contribution in [0.25, 0.3) is 0 Å². The number of carbonyl (C=O) groups excluding carboxylic acids is 1. The molecule has 21 heavy (non-hydrogen) atoms. The van der Waals surface area contributed by atoms with E-state index in [1.807, 2.05) is 12.1 Å². The topological polar surface area (TPSA) is 64.3 Å². The van der Waals surface area contributed by atoms with Crippen molar-refractivity contribution in [2.24, 2.45) is 11.7 Å². The first kappa shape index (κ1) is 16.3. The number of anilines is 1. The Bertz CT molecular complexity index is 519. The van der Waals surface area contributed by atoms with Crippen LogP contribution < -0.4 is 15.8 Å². The van der Waals surface area contributed by atoms with E-state index >= 15 is 0 Å². The molecular weight excluding hydrogens is 332 g/mol. The zero-order valence-corrected chi connectivity index (χ0v) is 14.2. The van der Waals surface area contributed by atoms with Crippen molar-refractivity contribution in [1.82, 2.24) is 0 Å². The number of unbranched alkanes of at least 4 members (excludes halogenated alkanes) is 1. The molecule has 0 fully saturated rings. The number of halogens is 1. The average Bonchev–Trinajstić information content (AvgIpc) is 2.74. The summed E-state index contributed by atoms with van der Waals surface area (Å²) in [5.74, 6) is 1.17. The number of hydrogen-bond acceptors (Lipinski definition) is 3. The van der Waals surface area contributed by atoms with Gasteiger partial charge in [0, 0.05) is 17.3 Å². The Morgan fingerprint density at radius 2 is 2.19 bits per heavy atom. The van der Waals surface area contributed by atoms with Crippen LogP contribution in [-0.2, 0) is 4.79 Å². The second kappa shape index (κ2) is 7.27. The first-order valence-corrected chi connectivity index (χ1v) is 8.38. The predicted octanol–water partition coefficient (Wildman–Crippen LogP) is 4.00. The molecule has 2 atom stereocenters. The summed E-state index contributed by atoms with van der Waals surface area (Å²) in [6.07, 6.45) is 4.75. The van der Waals surface area contributed by atoms with E-state index in [9.17, 15) is 4.79 Å². The highest BCUT2D eigenvalue weighted by Crippen LogP contribution is 2.38. The number of nitrogens with two attached hydrogens (primary N) is 1. The summed E-state index contributed by atoms with van der Waals surface area (Å²) < 4.78 is 6.79. The summed E-state index contributed by atoms with van der Waals surface area (Å²) in [7, 11) is 0. The Morgan fingerprint density at radius 1 is 1.43 bits per heavy atom. The molecule has 5 heteroatoms. The highest BCUT2D eigenvalue weighted by molar-refractivity contribution is 9.10. The first-order valence-electron chi connectivity index (χ1n) is 7.59. The molecule has 0 bridgehead atoms. The van der Waals surface area contributed by atoms with Crippen molar-refractivity contribution in [1.29, 1.82) is 0 Å². The van der Waals surface area contributed by atoms with Gasteiger partial charge in [-0.3, -0.25) is 4.79 Å². The molecule has 1 amide bonds. The summed E-state index contributed by atoms with van der Waals surface area (Å²) in [6, 6.07) is 3.15. The molecule has 0 saturated carbocycles. The van der Waals surface area contributed by atoms with Crippen molar-refractivity contribution in [3.63, 3.8) is 0 Å². The average molecular weight is 355 g/mol. The molecule has 2 unspecified atom stereocenters. The summed E-state index contributed by atoms with van der Waals surface area (Å²) in [6.45, 7) is 5.10. The number of benzene rings is 1. The quantitative estimate of drug-likeness (QED) is 0.777. The lowest BCUT2D eigenvalue weighted by molar-refractivity contribution is -0.116. The molecule has 0 aromatic heterocycles. The van der Waals surface area contributed by atoms with E-state index in [0.717, 1.165) is 27.9 Å². The predicted molar refractivity (Wildman–Crippen MR) is 88.5 cm³/mol. The van der Waals surface area contributed by atoms with Crippen LogP contribution in [0.2, 0.25) is 0 Å². The number of hydrogen-bond donors (Lipinski definition) is 2. The van der Waals surface area contributed by atoms with E-state index in [1.54, 1.807) is 0 Å². The third kappa shape index (κ3) is 3.77. The van der Waals surface area contributed by atoms with Crippen LogP contribution in [0.1, 0.15) is 51.1 Å². The maximum atomic E-state index is 11.6. The molecule has 1 aliphatic heterocycles. The fourth-order valence-corrected chi connectivity index (χ4v) is 2.98. The van der Waals surface area contributed by atoms with Crippen molar-refractivity contribution in [2.45, 2.75) is 45.6 Å². The molecule has 3 N–H and O–H groups in total. The molecule has 0 saturated heterocycles. The lowest BCUT2D eigenvalue weighted by Gasteiger charge is -2.17. The minimum Gasteiger partial charge on any atom is -0.492 e. The zero-order valence-electron chi connectivity index (χ0n) is 12.6. The lowest BCUT2D eigenvalue weighted by Crippen LogP contribution is -2.19. The molecule has 1 heterocycles. The van der Waals surface area contributed by atoms with Crippen molar-refractivity contribution in [2.75, 3.05) is 11.9 Å². The molecule has 1 aromatic carbocycles. The Hall–Kier alpha value is -1.07. The number of rotatable bonds is 7. The van der Waals surface area contributed by atoms with Gasteiger partial charge in [0.1, 0.15) is 11.8 Å². The van der Waals surface area contributed by atoms with E-state index in [2.05, 4.69) is 35.1 Å². The summed E-state index contributed by atoms with van der Waals surface area (Å²) in [5.41, 5.74) is 7.41. The van der Waals surface area contributed by atoms with Crippen molar-refractivity contribution < 1.29 is 9.53 Å². The van der Waals surface area contributed by atoms with Gasteiger partial charge in [0.15, 0.2) is 0 Å². The van der Waals surface area contributed by atoms with Crippen LogP contribution in [0.5, 0.6) is 5.75 Å². The molecule has 116 valence electrons. The highest BCUT2D eigenvalue weighted by Gasteiger charge is 2.28. The Kier molecular flexibility index (Phi) is 5.65. The van der Waals surface area contributed by atoms with Gasteiger partial charge in [-0.1, -0.05) is 33.1 Å². The molecule has 1 aliphatic rings. The standard InChI is InChI=1S/C16H23BrN2O2/c1-3-5-6-10(4-2)9-21-14-8-13-11(7-12(14)17)15(18)16(20)19-13/h7-8,10,15H,3-6,9,18H2,1-2H3,(H,19,20). The summed E-state index contributed by atoms with van der Waals surface area (Å²) in [5, 5.41) is 2.79. The fraction of sp³-hybridized carbons (Fsp3) is 0.562. The van der Waals surface area contributed by atoms with Crippen LogP contribution in [0.3, 0.4) is 0 Å². The Morgan fingerprint density at radius 3 is 2.86 bits per heavy atom. The first-order chi connectivity index (χ1) is 10.1. The normalized spacial score (nSPS) is 18.3. The largest absolute Gasteiger partial charge is 0.492 e. The van der Waals surface area contributed by atoms with Crippen LogP contribution in [0.15, 0.2) is 16.6 Å². The van der Waals surface area contributed by atoms with Crippen molar-refractivity contribution >= 4 is 27.5 Å². The number of carbonyl (C=O) groups is 1. The molecule has 0 radical (unpaired) electrons.